The van der Waals surface area contributed by atoms with E-state index in [-0.39, 0.29) is 0 Å². The molecule has 0 saturated heterocycles. The van der Waals surface area contributed by atoms with Gasteiger partial charge in [-0.3, -0.25) is 4.68 Å². The van der Waals surface area contributed by atoms with Crippen molar-refractivity contribution in [2.45, 2.75) is 57.9 Å². The number of ether oxygens (including phenoxy) is 1. The van der Waals surface area contributed by atoms with Crippen LogP contribution in [0, 0.1) is 23.2 Å². The summed E-state index contributed by atoms with van der Waals surface area (Å²) in [5.41, 5.74) is 2.08. The van der Waals surface area contributed by atoms with E-state index in [0.29, 0.717) is 5.41 Å². The predicted octanol–water partition coefficient (Wildman–Crippen LogP) is 3.68. The molecule has 1 heterocycles. The van der Waals surface area contributed by atoms with Gasteiger partial charge >= 0.3 is 0 Å². The lowest BCUT2D eigenvalue weighted by Gasteiger charge is -2.57. The van der Waals surface area contributed by atoms with E-state index in [1.165, 1.54) is 50.6 Å². The molecule has 0 aromatic carbocycles. The van der Waals surface area contributed by atoms with Gasteiger partial charge in [-0.1, -0.05) is 0 Å². The van der Waals surface area contributed by atoms with Crippen LogP contribution < -0.4 is 0 Å². The zero-order chi connectivity index (χ0) is 14.3. The monoisotopic (exact) mass is 288 g/mol. The topological polar surface area (TPSA) is 27.1 Å². The summed E-state index contributed by atoms with van der Waals surface area (Å²) in [6.45, 7) is 1.83. The molecule has 0 amide bonds. The van der Waals surface area contributed by atoms with Crippen molar-refractivity contribution in [3.05, 3.63) is 18.0 Å². The molecule has 0 N–H and O–H groups in total. The first-order valence-electron chi connectivity index (χ1n) is 8.76. The van der Waals surface area contributed by atoms with Gasteiger partial charge < -0.3 is 4.74 Å². The largest absolute Gasteiger partial charge is 0.385 e. The molecule has 4 aliphatic rings. The molecule has 116 valence electrons. The van der Waals surface area contributed by atoms with Gasteiger partial charge in [-0.25, -0.2) is 0 Å². The molecule has 4 fully saturated rings. The second-order valence-electron chi connectivity index (χ2n) is 7.99. The van der Waals surface area contributed by atoms with E-state index in [1.54, 1.807) is 7.11 Å². The molecule has 1 aromatic rings. The quantitative estimate of drug-likeness (QED) is 0.747. The highest BCUT2D eigenvalue weighted by Crippen LogP contribution is 2.60. The normalized spacial score (nSPS) is 37.3. The van der Waals surface area contributed by atoms with Gasteiger partial charge in [-0.15, -0.1) is 0 Å². The van der Waals surface area contributed by atoms with Crippen molar-refractivity contribution >= 4 is 0 Å². The van der Waals surface area contributed by atoms with Gasteiger partial charge in [-0.2, -0.15) is 5.10 Å². The van der Waals surface area contributed by atoms with Gasteiger partial charge in [0.1, 0.15) is 0 Å². The number of hydrogen-bond donors (Lipinski definition) is 0. The third kappa shape index (κ3) is 2.65. The van der Waals surface area contributed by atoms with E-state index >= 15 is 0 Å². The molecule has 0 atom stereocenters. The van der Waals surface area contributed by atoms with Crippen LogP contribution >= 0.6 is 0 Å². The van der Waals surface area contributed by atoms with Crippen molar-refractivity contribution < 1.29 is 4.74 Å². The molecule has 0 unspecified atom stereocenters. The first-order chi connectivity index (χ1) is 10.3. The number of hydrogen-bond acceptors (Lipinski definition) is 2. The Morgan fingerprint density at radius 3 is 2.48 bits per heavy atom. The summed E-state index contributed by atoms with van der Waals surface area (Å²) >= 11 is 0. The summed E-state index contributed by atoms with van der Waals surface area (Å²) in [6.07, 6.45) is 13.4. The standard InChI is InChI=1S/C18H28N2O/c1-21-6-2-5-20-17(3-4-19-20)13-18-10-14-7-15(11-18)9-16(8-14)12-18/h3-4,14-16H,2,5-13H2,1H3. The molecular weight excluding hydrogens is 260 g/mol. The predicted molar refractivity (Wildman–Crippen MR) is 83.0 cm³/mol. The highest BCUT2D eigenvalue weighted by Gasteiger charge is 2.50. The fraction of sp³-hybridized carbons (Fsp3) is 0.833. The van der Waals surface area contributed by atoms with Crippen molar-refractivity contribution in [2.24, 2.45) is 23.2 Å². The molecule has 3 nitrogen and oxygen atoms in total. The van der Waals surface area contributed by atoms with Crippen LogP contribution in [0.1, 0.15) is 50.6 Å². The number of methoxy groups -OCH3 is 1. The Balaban J connectivity index is 1.47. The van der Waals surface area contributed by atoms with Gasteiger partial charge in [0.25, 0.3) is 0 Å². The summed E-state index contributed by atoms with van der Waals surface area (Å²) in [5, 5.41) is 4.55. The Labute approximate surface area is 128 Å². The average molecular weight is 288 g/mol. The Hall–Kier alpha value is -0.830. The highest BCUT2D eigenvalue weighted by atomic mass is 16.5. The summed E-state index contributed by atoms with van der Waals surface area (Å²) in [4.78, 5) is 0. The third-order valence-corrected chi connectivity index (χ3v) is 6.24. The van der Waals surface area contributed by atoms with Crippen molar-refractivity contribution in [3.8, 4) is 0 Å². The summed E-state index contributed by atoms with van der Waals surface area (Å²) < 4.78 is 7.41. The third-order valence-electron chi connectivity index (χ3n) is 6.24. The molecule has 21 heavy (non-hydrogen) atoms. The maximum absolute atomic E-state index is 5.17. The molecule has 4 aliphatic carbocycles. The number of nitrogens with zero attached hydrogens (tertiary/aromatic N) is 2. The number of rotatable bonds is 6. The smallest absolute Gasteiger partial charge is 0.0492 e. The minimum Gasteiger partial charge on any atom is -0.385 e. The minimum atomic E-state index is 0.619. The summed E-state index contributed by atoms with van der Waals surface area (Å²) in [5.74, 6) is 3.13. The van der Waals surface area contributed by atoms with Crippen LogP contribution in [0.3, 0.4) is 0 Å². The molecule has 0 aliphatic heterocycles. The van der Waals surface area contributed by atoms with Crippen LogP contribution in [0.5, 0.6) is 0 Å². The van der Waals surface area contributed by atoms with Crippen molar-refractivity contribution in [1.82, 2.24) is 9.78 Å². The fourth-order valence-corrected chi connectivity index (χ4v) is 5.96. The molecule has 0 radical (unpaired) electrons. The molecule has 3 heteroatoms. The summed E-state index contributed by atoms with van der Waals surface area (Å²) in [6, 6.07) is 2.26. The Bertz CT molecular complexity index is 458. The minimum absolute atomic E-state index is 0.619. The zero-order valence-electron chi connectivity index (χ0n) is 13.3. The van der Waals surface area contributed by atoms with E-state index in [9.17, 15) is 0 Å². The number of aryl methyl sites for hydroxylation is 1. The van der Waals surface area contributed by atoms with Crippen LogP contribution in [0.15, 0.2) is 12.3 Å². The maximum atomic E-state index is 5.17. The lowest BCUT2D eigenvalue weighted by atomic mass is 9.48. The molecule has 4 bridgehead atoms. The van der Waals surface area contributed by atoms with Gasteiger partial charge in [0.2, 0.25) is 0 Å². The van der Waals surface area contributed by atoms with Crippen LogP contribution in [-0.4, -0.2) is 23.5 Å². The second kappa shape index (κ2) is 5.42. The van der Waals surface area contributed by atoms with Crippen LogP contribution in [0.25, 0.3) is 0 Å². The van der Waals surface area contributed by atoms with E-state index in [0.717, 1.165) is 37.3 Å². The summed E-state index contributed by atoms with van der Waals surface area (Å²) in [7, 11) is 1.78. The molecule has 1 aromatic heterocycles. The highest BCUT2D eigenvalue weighted by molar-refractivity contribution is 5.10. The van der Waals surface area contributed by atoms with Crippen LogP contribution in [-0.2, 0) is 17.7 Å². The molecule has 0 spiro atoms. The van der Waals surface area contributed by atoms with Gasteiger partial charge in [0, 0.05) is 32.2 Å². The fourth-order valence-electron chi connectivity index (χ4n) is 5.96. The first kappa shape index (κ1) is 13.8. The number of aromatic nitrogens is 2. The Morgan fingerprint density at radius 1 is 1.19 bits per heavy atom. The van der Waals surface area contributed by atoms with Crippen molar-refractivity contribution in [1.29, 1.82) is 0 Å². The van der Waals surface area contributed by atoms with Crippen LogP contribution in [0.4, 0.5) is 0 Å². The average Bonchev–Trinajstić information content (AvgIpc) is 2.84. The molecule has 5 rings (SSSR count). The van der Waals surface area contributed by atoms with E-state index in [4.69, 9.17) is 4.74 Å². The van der Waals surface area contributed by atoms with Gasteiger partial charge in [0.05, 0.1) is 0 Å². The van der Waals surface area contributed by atoms with E-state index in [2.05, 4.69) is 15.8 Å². The van der Waals surface area contributed by atoms with E-state index in [1.807, 2.05) is 6.20 Å². The van der Waals surface area contributed by atoms with Crippen molar-refractivity contribution in [2.75, 3.05) is 13.7 Å². The van der Waals surface area contributed by atoms with Crippen LogP contribution in [0.2, 0.25) is 0 Å². The Kier molecular flexibility index (Phi) is 3.56. The SMILES string of the molecule is COCCCn1nccc1CC12CC3CC(CC(C3)C1)C2. The van der Waals surface area contributed by atoms with E-state index < -0.39 is 0 Å². The lowest BCUT2D eigenvalue weighted by molar-refractivity contribution is -0.0531. The van der Waals surface area contributed by atoms with Crippen molar-refractivity contribution in [3.63, 3.8) is 0 Å². The molecular formula is C18H28N2O. The molecule has 4 saturated carbocycles. The zero-order valence-corrected chi connectivity index (χ0v) is 13.3. The van der Waals surface area contributed by atoms with Gasteiger partial charge in [-0.05, 0) is 80.6 Å². The first-order valence-corrected chi connectivity index (χ1v) is 8.76. The lowest BCUT2D eigenvalue weighted by Crippen LogP contribution is -2.47. The second-order valence-corrected chi connectivity index (χ2v) is 7.99. The van der Waals surface area contributed by atoms with Gasteiger partial charge in [0.15, 0.2) is 0 Å². The Morgan fingerprint density at radius 2 is 1.86 bits per heavy atom. The maximum Gasteiger partial charge on any atom is 0.0492 e.